The van der Waals surface area contributed by atoms with Gasteiger partial charge in [0, 0.05) is 10.8 Å². The monoisotopic (exact) mass is 453 g/mol. The van der Waals surface area contributed by atoms with Gasteiger partial charge in [-0.1, -0.05) is 55.2 Å². The fourth-order valence-corrected chi connectivity index (χ4v) is 2.26. The summed E-state index contributed by atoms with van der Waals surface area (Å²) in [6.07, 6.45) is 9.88. The third-order valence-corrected chi connectivity index (χ3v) is 3.78. The van der Waals surface area contributed by atoms with E-state index in [1.165, 1.54) is 66.9 Å². The molecule has 0 radical (unpaired) electrons. The maximum absolute atomic E-state index is 2.48. The van der Waals surface area contributed by atoms with Crippen molar-refractivity contribution in [3.8, 4) is 0 Å². The van der Waals surface area contributed by atoms with E-state index < -0.39 is 0 Å². The summed E-state index contributed by atoms with van der Waals surface area (Å²) < 4.78 is 2.52. The third kappa shape index (κ3) is 13.5. The van der Waals surface area contributed by atoms with E-state index in [1.54, 1.807) is 0 Å². The normalized spacial score (nSPS) is 11.2. The van der Waals surface area contributed by atoms with Crippen LogP contribution in [-0.4, -0.2) is 36.1 Å². The minimum absolute atomic E-state index is 0. The number of halogens is 2. The molecule has 0 bridgehead atoms. The van der Waals surface area contributed by atoms with Crippen LogP contribution in [0.3, 0.4) is 0 Å². The predicted octanol–water partition coefficient (Wildman–Crippen LogP) is 1.25. The molecule has 0 aliphatic rings. The second kappa shape index (κ2) is 12.9. The molecule has 16 heavy (non-hydrogen) atoms. The average molecular weight is 453 g/mol. The molecule has 0 aliphatic carbocycles. The van der Waals surface area contributed by atoms with Gasteiger partial charge in [-0.05, 0) is 12.8 Å². The van der Waals surface area contributed by atoms with Crippen LogP contribution in [0, 0.1) is 0 Å². The van der Waals surface area contributed by atoms with Crippen LogP contribution in [0.4, 0.5) is 0 Å². The third-order valence-electron chi connectivity index (χ3n) is 3.01. The molecule has 0 saturated heterocycles. The number of alkyl halides is 1. The number of rotatable bonds is 10. The molecule has 0 atom stereocenters. The van der Waals surface area contributed by atoms with Crippen molar-refractivity contribution in [2.24, 2.45) is 0 Å². The summed E-state index contributed by atoms with van der Waals surface area (Å²) in [5, 5.41) is 0. The van der Waals surface area contributed by atoms with Gasteiger partial charge >= 0.3 is 0 Å². The predicted molar refractivity (Wildman–Crippen MR) is 78.7 cm³/mol. The molecule has 0 fully saturated rings. The van der Waals surface area contributed by atoms with Crippen molar-refractivity contribution in [3.63, 3.8) is 0 Å². The highest BCUT2D eigenvalue weighted by atomic mass is 127. The van der Waals surface area contributed by atoms with Crippen LogP contribution in [0.15, 0.2) is 0 Å². The summed E-state index contributed by atoms with van der Waals surface area (Å²) in [6, 6.07) is 0. The minimum atomic E-state index is 0. The Balaban J connectivity index is 0. The van der Waals surface area contributed by atoms with Gasteiger partial charge in [-0.3, -0.25) is 0 Å². The molecule has 0 N–H and O–H groups in total. The molecule has 100 valence electrons. The van der Waals surface area contributed by atoms with Crippen molar-refractivity contribution in [1.82, 2.24) is 0 Å². The molecule has 0 aromatic carbocycles. The molecule has 0 heterocycles. The van der Waals surface area contributed by atoms with Crippen LogP contribution in [-0.2, 0) is 0 Å². The van der Waals surface area contributed by atoms with Gasteiger partial charge in [0.05, 0.1) is 27.2 Å². The first-order chi connectivity index (χ1) is 7.12. The van der Waals surface area contributed by atoms with Crippen LogP contribution in [0.1, 0.15) is 51.9 Å². The molecule has 0 saturated carbocycles. The quantitative estimate of drug-likeness (QED) is 0.202. The summed E-state index contributed by atoms with van der Waals surface area (Å²) in [5.41, 5.74) is 0. The zero-order valence-corrected chi connectivity index (χ0v) is 15.6. The highest BCUT2D eigenvalue weighted by molar-refractivity contribution is 14.1. The zero-order valence-electron chi connectivity index (χ0n) is 11.3. The molecule has 1 nitrogen and oxygen atoms in total. The van der Waals surface area contributed by atoms with Gasteiger partial charge in [0.25, 0.3) is 0 Å². The van der Waals surface area contributed by atoms with E-state index in [0.717, 1.165) is 0 Å². The van der Waals surface area contributed by atoms with E-state index in [-0.39, 0.29) is 24.0 Å². The molecule has 0 rings (SSSR count). The lowest BCUT2D eigenvalue weighted by atomic mass is 10.1. The summed E-state index contributed by atoms with van der Waals surface area (Å²) >= 11 is 2.48. The van der Waals surface area contributed by atoms with Crippen LogP contribution < -0.4 is 24.0 Å². The van der Waals surface area contributed by atoms with Gasteiger partial charge in [-0.2, -0.15) is 0 Å². The van der Waals surface area contributed by atoms with Crippen molar-refractivity contribution < 1.29 is 28.5 Å². The standard InChI is InChI=1S/C13H29IN.HI/c1-4-5-6-7-8-9-12-15(2,3)13-10-11-14;/h4-13H2,1-3H3;1H/q+1;/p-1. The molecule has 0 spiro atoms. The van der Waals surface area contributed by atoms with E-state index in [0.29, 0.717) is 0 Å². The maximum atomic E-state index is 2.48. The van der Waals surface area contributed by atoms with E-state index in [9.17, 15) is 0 Å². The van der Waals surface area contributed by atoms with Crippen LogP contribution >= 0.6 is 22.6 Å². The molecule has 0 aromatic heterocycles. The molecular weight excluding hydrogens is 424 g/mol. The van der Waals surface area contributed by atoms with Crippen molar-refractivity contribution in [2.75, 3.05) is 31.6 Å². The van der Waals surface area contributed by atoms with Crippen LogP contribution in [0.5, 0.6) is 0 Å². The number of unbranched alkanes of at least 4 members (excludes halogenated alkanes) is 5. The lowest BCUT2D eigenvalue weighted by Crippen LogP contribution is -3.00. The highest BCUT2D eigenvalue weighted by Crippen LogP contribution is 2.09. The SMILES string of the molecule is CCCCCCCC[N+](C)(C)CCCI.[I-]. The Morgan fingerprint density at radius 1 is 0.812 bits per heavy atom. The van der Waals surface area contributed by atoms with Crippen LogP contribution in [0.2, 0.25) is 0 Å². The Kier molecular flexibility index (Phi) is 15.9. The topological polar surface area (TPSA) is 0 Å². The first-order valence-electron chi connectivity index (χ1n) is 6.50. The highest BCUT2D eigenvalue weighted by Gasteiger charge is 2.12. The van der Waals surface area contributed by atoms with Crippen molar-refractivity contribution in [1.29, 1.82) is 0 Å². The van der Waals surface area contributed by atoms with Gasteiger partial charge in [0.1, 0.15) is 0 Å². The first-order valence-corrected chi connectivity index (χ1v) is 8.03. The second-order valence-electron chi connectivity index (χ2n) is 5.19. The Morgan fingerprint density at radius 3 is 1.88 bits per heavy atom. The maximum Gasteiger partial charge on any atom is 0.0789 e. The number of quaternary nitrogens is 1. The van der Waals surface area contributed by atoms with Gasteiger partial charge in [-0.25, -0.2) is 0 Å². The summed E-state index contributed by atoms with van der Waals surface area (Å²) in [6.45, 7) is 4.99. The van der Waals surface area contributed by atoms with Crippen molar-refractivity contribution in [2.45, 2.75) is 51.9 Å². The number of nitrogens with zero attached hydrogens (tertiary/aromatic N) is 1. The van der Waals surface area contributed by atoms with Gasteiger partial charge in [0.15, 0.2) is 0 Å². The molecule has 0 unspecified atom stereocenters. The van der Waals surface area contributed by atoms with Gasteiger partial charge in [-0.15, -0.1) is 0 Å². The fraction of sp³-hybridized carbons (Fsp3) is 1.00. The Bertz CT molecular complexity index is 138. The van der Waals surface area contributed by atoms with Crippen molar-refractivity contribution in [3.05, 3.63) is 0 Å². The van der Waals surface area contributed by atoms with E-state index >= 15 is 0 Å². The second-order valence-corrected chi connectivity index (χ2v) is 6.27. The zero-order chi connectivity index (χ0) is 11.6. The minimum Gasteiger partial charge on any atom is -1.00 e. The molecular formula is C13H29I2N. The molecule has 0 aliphatic heterocycles. The van der Waals surface area contributed by atoms with E-state index in [2.05, 4.69) is 43.6 Å². The molecule has 3 heteroatoms. The fourth-order valence-electron chi connectivity index (χ4n) is 1.92. The van der Waals surface area contributed by atoms with E-state index in [1.807, 2.05) is 0 Å². The summed E-state index contributed by atoms with van der Waals surface area (Å²) in [4.78, 5) is 0. The Labute approximate surface area is 133 Å². The smallest absolute Gasteiger partial charge is 0.0789 e. The van der Waals surface area contributed by atoms with Gasteiger partial charge < -0.3 is 28.5 Å². The Morgan fingerprint density at radius 2 is 1.31 bits per heavy atom. The van der Waals surface area contributed by atoms with E-state index in [4.69, 9.17) is 0 Å². The number of hydrogen-bond donors (Lipinski definition) is 0. The largest absolute Gasteiger partial charge is 1.00 e. The molecule has 0 aromatic rings. The molecule has 0 amide bonds. The average Bonchev–Trinajstić information content (AvgIpc) is 2.20. The first kappa shape index (κ1) is 19.8. The summed E-state index contributed by atoms with van der Waals surface area (Å²) in [5.74, 6) is 0. The Hall–Kier alpha value is 1.42. The summed E-state index contributed by atoms with van der Waals surface area (Å²) in [7, 11) is 4.75. The van der Waals surface area contributed by atoms with Gasteiger partial charge in [0.2, 0.25) is 0 Å². The van der Waals surface area contributed by atoms with Crippen molar-refractivity contribution >= 4 is 22.6 Å². The number of hydrogen-bond acceptors (Lipinski definition) is 0. The lowest BCUT2D eigenvalue weighted by molar-refractivity contribution is -0.890. The van der Waals surface area contributed by atoms with Crippen LogP contribution in [0.25, 0.3) is 0 Å². The lowest BCUT2D eigenvalue weighted by Gasteiger charge is -2.29.